The van der Waals surface area contributed by atoms with E-state index in [0.29, 0.717) is 5.39 Å². The third kappa shape index (κ3) is 3.57. The molecular weight excluding hydrogens is 354 g/mol. The number of hydrogen-bond donors (Lipinski definition) is 2. The zero-order valence-electron chi connectivity index (χ0n) is 14.1. The molecule has 0 aliphatic heterocycles. The lowest BCUT2D eigenvalue weighted by atomic mass is 10.1. The number of aromatic nitrogens is 2. The third-order valence-electron chi connectivity index (χ3n) is 4.05. The number of fused-ring (bicyclic) bond motifs is 1. The van der Waals surface area contributed by atoms with E-state index in [9.17, 15) is 9.59 Å². The maximum absolute atomic E-state index is 12.7. The van der Waals surface area contributed by atoms with Gasteiger partial charge in [0.2, 0.25) is 5.91 Å². The molecule has 0 radical (unpaired) electrons. The average molecular weight is 374 g/mol. The Morgan fingerprint density at radius 3 is 2.76 bits per heavy atom. The number of amides is 1. The molecule has 3 rings (SSSR count). The number of hydrogen-bond acceptors (Lipinski definition) is 4. The Hall–Kier alpha value is -2.25. The van der Waals surface area contributed by atoms with Crippen LogP contribution >= 0.6 is 23.6 Å². The number of aryl methyl sites for hydroxylation is 2. The van der Waals surface area contributed by atoms with Crippen LogP contribution in [0.5, 0.6) is 0 Å². The van der Waals surface area contributed by atoms with Crippen LogP contribution in [0.4, 0.5) is 5.69 Å². The summed E-state index contributed by atoms with van der Waals surface area (Å²) in [4.78, 5) is 30.0. The van der Waals surface area contributed by atoms with Crippen molar-refractivity contribution in [1.29, 1.82) is 0 Å². The van der Waals surface area contributed by atoms with Gasteiger partial charge in [0.15, 0.2) is 4.77 Å². The Labute approximate surface area is 154 Å². The van der Waals surface area contributed by atoms with Gasteiger partial charge in [0.25, 0.3) is 5.56 Å². The van der Waals surface area contributed by atoms with Gasteiger partial charge in [0.1, 0.15) is 11.4 Å². The maximum atomic E-state index is 12.7. The number of rotatable bonds is 5. The van der Waals surface area contributed by atoms with Gasteiger partial charge in [-0.3, -0.25) is 14.2 Å². The van der Waals surface area contributed by atoms with Crippen LogP contribution in [0.25, 0.3) is 10.2 Å². The maximum Gasteiger partial charge on any atom is 0.263 e. The topological polar surface area (TPSA) is 66.9 Å². The first kappa shape index (κ1) is 17.6. The van der Waals surface area contributed by atoms with E-state index in [1.807, 2.05) is 44.2 Å². The molecule has 0 atom stereocenters. The molecule has 0 bridgehead atoms. The minimum atomic E-state index is -0.271. The van der Waals surface area contributed by atoms with Crippen molar-refractivity contribution >= 4 is 45.4 Å². The number of benzene rings is 1. The summed E-state index contributed by atoms with van der Waals surface area (Å²) in [7, 11) is 0. The molecule has 2 N–H and O–H groups in total. The molecule has 2 heterocycles. The van der Waals surface area contributed by atoms with Gasteiger partial charge in [0.05, 0.1) is 5.39 Å². The first-order valence-corrected chi connectivity index (χ1v) is 9.39. The molecule has 0 spiro atoms. The molecule has 0 saturated heterocycles. The predicted octanol–water partition coefficient (Wildman–Crippen LogP) is 3.88. The monoisotopic (exact) mass is 373 g/mol. The number of para-hydroxylation sites is 1. The molecule has 2 aromatic heterocycles. The number of nitrogens with one attached hydrogen (secondary N) is 2. The SMILES string of the molecule is CCc1cc2c(=O)n(CC(=O)Nc3ccccc3CC)c(=S)[nH]c2s1. The van der Waals surface area contributed by atoms with Gasteiger partial charge >= 0.3 is 0 Å². The van der Waals surface area contributed by atoms with E-state index in [1.165, 1.54) is 15.9 Å². The van der Waals surface area contributed by atoms with Crippen molar-refractivity contribution in [3.63, 3.8) is 0 Å². The van der Waals surface area contributed by atoms with Gasteiger partial charge < -0.3 is 10.3 Å². The highest BCUT2D eigenvalue weighted by Gasteiger charge is 2.13. The average Bonchev–Trinajstić information content (AvgIpc) is 3.02. The van der Waals surface area contributed by atoms with Crippen molar-refractivity contribution in [2.24, 2.45) is 0 Å². The van der Waals surface area contributed by atoms with Gasteiger partial charge in [-0.25, -0.2) is 0 Å². The van der Waals surface area contributed by atoms with E-state index in [-0.39, 0.29) is 22.8 Å². The number of nitrogens with zero attached hydrogens (tertiary/aromatic N) is 1. The minimum absolute atomic E-state index is 0.112. The quantitative estimate of drug-likeness (QED) is 0.667. The van der Waals surface area contributed by atoms with Gasteiger partial charge in [-0.15, -0.1) is 11.3 Å². The van der Waals surface area contributed by atoms with Crippen LogP contribution in [0.3, 0.4) is 0 Å². The second-order valence-corrected chi connectivity index (χ2v) is 7.21. The Morgan fingerprint density at radius 2 is 2.04 bits per heavy atom. The molecule has 1 amide bonds. The largest absolute Gasteiger partial charge is 0.324 e. The van der Waals surface area contributed by atoms with Crippen LogP contribution in [0, 0.1) is 4.77 Å². The predicted molar refractivity (Wildman–Crippen MR) is 105 cm³/mol. The molecule has 0 saturated carbocycles. The number of carbonyl (C=O) groups excluding carboxylic acids is 1. The van der Waals surface area contributed by atoms with Crippen molar-refractivity contribution < 1.29 is 4.79 Å². The van der Waals surface area contributed by atoms with Crippen molar-refractivity contribution in [2.75, 3.05) is 5.32 Å². The molecule has 3 aromatic rings. The van der Waals surface area contributed by atoms with Crippen LogP contribution < -0.4 is 10.9 Å². The lowest BCUT2D eigenvalue weighted by molar-refractivity contribution is -0.116. The van der Waals surface area contributed by atoms with Crippen molar-refractivity contribution in [3.8, 4) is 0 Å². The molecule has 7 heteroatoms. The molecule has 0 aliphatic rings. The van der Waals surface area contributed by atoms with Crippen molar-refractivity contribution in [3.05, 3.63) is 55.9 Å². The third-order valence-corrected chi connectivity index (χ3v) is 5.56. The Morgan fingerprint density at radius 1 is 1.28 bits per heavy atom. The van der Waals surface area contributed by atoms with Crippen LogP contribution in [-0.4, -0.2) is 15.5 Å². The van der Waals surface area contributed by atoms with Crippen LogP contribution in [-0.2, 0) is 24.2 Å². The number of H-pyrrole nitrogens is 1. The first-order valence-electron chi connectivity index (χ1n) is 8.16. The lowest BCUT2D eigenvalue weighted by Gasteiger charge is -2.11. The molecule has 0 unspecified atom stereocenters. The fraction of sp³-hybridized carbons (Fsp3) is 0.278. The van der Waals surface area contributed by atoms with E-state index >= 15 is 0 Å². The van der Waals surface area contributed by atoms with Gasteiger partial charge in [-0.2, -0.15) is 0 Å². The summed E-state index contributed by atoms with van der Waals surface area (Å²) in [5.74, 6) is -0.271. The van der Waals surface area contributed by atoms with E-state index in [1.54, 1.807) is 0 Å². The van der Waals surface area contributed by atoms with Crippen LogP contribution in [0.2, 0.25) is 0 Å². The second-order valence-electron chi connectivity index (χ2n) is 5.69. The molecule has 5 nitrogen and oxygen atoms in total. The van der Waals surface area contributed by atoms with Crippen molar-refractivity contribution in [1.82, 2.24) is 9.55 Å². The summed E-state index contributed by atoms with van der Waals surface area (Å²) in [6.07, 6.45) is 1.67. The standard InChI is InChI=1S/C18H19N3O2S2/c1-3-11-7-5-6-8-14(11)19-15(22)10-21-17(23)13-9-12(4-2)25-16(13)20-18(21)24/h5-9H,3-4,10H2,1-2H3,(H,19,22)(H,20,24). The Balaban J connectivity index is 1.91. The smallest absolute Gasteiger partial charge is 0.263 e. The molecular formula is C18H19N3O2S2. The molecule has 25 heavy (non-hydrogen) atoms. The van der Waals surface area contributed by atoms with E-state index < -0.39 is 0 Å². The zero-order valence-corrected chi connectivity index (χ0v) is 15.7. The summed E-state index contributed by atoms with van der Waals surface area (Å²) >= 11 is 6.80. The summed E-state index contributed by atoms with van der Waals surface area (Å²) in [6.45, 7) is 3.96. The second kappa shape index (κ2) is 7.33. The van der Waals surface area contributed by atoms with E-state index in [0.717, 1.165) is 33.8 Å². The molecule has 0 fully saturated rings. The zero-order chi connectivity index (χ0) is 18.0. The number of anilines is 1. The number of carbonyl (C=O) groups is 1. The summed E-state index contributed by atoms with van der Waals surface area (Å²) in [5.41, 5.74) is 1.59. The van der Waals surface area contributed by atoms with Crippen LogP contribution in [0.15, 0.2) is 35.1 Å². The fourth-order valence-electron chi connectivity index (χ4n) is 2.70. The van der Waals surface area contributed by atoms with Crippen LogP contribution in [0.1, 0.15) is 24.3 Å². The van der Waals surface area contributed by atoms with Crippen molar-refractivity contribution in [2.45, 2.75) is 33.2 Å². The lowest BCUT2D eigenvalue weighted by Crippen LogP contribution is -2.28. The molecule has 1 aromatic carbocycles. The summed E-state index contributed by atoms with van der Waals surface area (Å²) < 4.78 is 1.58. The summed E-state index contributed by atoms with van der Waals surface area (Å²) in [6, 6.07) is 9.50. The minimum Gasteiger partial charge on any atom is -0.324 e. The highest BCUT2D eigenvalue weighted by Crippen LogP contribution is 2.21. The van der Waals surface area contributed by atoms with E-state index in [2.05, 4.69) is 10.3 Å². The first-order chi connectivity index (χ1) is 12.0. The molecule has 130 valence electrons. The van der Waals surface area contributed by atoms with Gasteiger partial charge in [0, 0.05) is 10.6 Å². The normalized spacial score (nSPS) is 11.0. The molecule has 0 aliphatic carbocycles. The van der Waals surface area contributed by atoms with Gasteiger partial charge in [-0.1, -0.05) is 32.0 Å². The van der Waals surface area contributed by atoms with Gasteiger partial charge in [-0.05, 0) is 42.8 Å². The summed E-state index contributed by atoms with van der Waals surface area (Å²) in [5, 5.41) is 3.45. The number of thiophene rings is 1. The highest BCUT2D eigenvalue weighted by atomic mass is 32.1. The fourth-order valence-corrected chi connectivity index (χ4v) is 4.00. The Bertz CT molecular complexity index is 1050. The van der Waals surface area contributed by atoms with E-state index in [4.69, 9.17) is 12.2 Å². The Kier molecular flexibility index (Phi) is 5.15. The highest BCUT2D eigenvalue weighted by molar-refractivity contribution is 7.71. The number of aromatic amines is 1.